The van der Waals surface area contributed by atoms with Gasteiger partial charge in [-0.15, -0.1) is 16.4 Å². The minimum atomic E-state index is -0.547. The average Bonchev–Trinajstić information content (AvgIpc) is 3.54. The normalized spacial score (nSPS) is 11.1. The number of fused-ring (bicyclic) bond motifs is 1. The van der Waals surface area contributed by atoms with Gasteiger partial charge in [0.1, 0.15) is 11.6 Å². The van der Waals surface area contributed by atoms with E-state index in [0.717, 1.165) is 11.3 Å². The van der Waals surface area contributed by atoms with Crippen LogP contribution in [0.2, 0.25) is 0 Å². The highest BCUT2D eigenvalue weighted by molar-refractivity contribution is 7.13. The molecule has 0 spiro atoms. The molecule has 0 bridgehead atoms. The topological polar surface area (TPSA) is 96.3 Å². The minimum Gasteiger partial charge on any atom is -0.459 e. The van der Waals surface area contributed by atoms with Crippen molar-refractivity contribution in [2.24, 2.45) is 0 Å². The summed E-state index contributed by atoms with van der Waals surface area (Å²) in [5, 5.41) is 10.9. The third-order valence-electron chi connectivity index (χ3n) is 4.59. The maximum absolute atomic E-state index is 12.4. The number of hydrogen-bond donors (Lipinski definition) is 0. The zero-order valence-electron chi connectivity index (χ0n) is 16.2. The molecule has 31 heavy (non-hydrogen) atoms. The molecule has 1 aromatic carbocycles. The smallest absolute Gasteiger partial charge is 0.357 e. The number of ether oxygens (including phenoxy) is 1. The Bertz CT molecular complexity index is 1420. The first kappa shape index (κ1) is 18.9. The first-order valence-corrected chi connectivity index (χ1v) is 10.3. The molecule has 0 saturated heterocycles. The zero-order valence-corrected chi connectivity index (χ0v) is 17.0. The highest BCUT2D eigenvalue weighted by Gasteiger charge is 2.15. The van der Waals surface area contributed by atoms with Gasteiger partial charge in [0.25, 0.3) is 0 Å². The Hall–Kier alpha value is -4.05. The monoisotopic (exact) mass is 432 g/mol. The zero-order chi connectivity index (χ0) is 21.2. The van der Waals surface area contributed by atoms with Gasteiger partial charge < -0.3 is 4.74 Å². The van der Waals surface area contributed by atoms with Crippen LogP contribution >= 0.6 is 11.3 Å². The maximum atomic E-state index is 12.4. The van der Waals surface area contributed by atoms with Crippen molar-refractivity contribution >= 4 is 23.0 Å². The van der Waals surface area contributed by atoms with E-state index in [9.17, 15) is 9.59 Å². The second-order valence-corrected chi connectivity index (χ2v) is 7.48. The fourth-order valence-electron chi connectivity index (χ4n) is 3.07. The van der Waals surface area contributed by atoms with Crippen LogP contribution < -0.4 is 5.69 Å². The van der Waals surface area contributed by atoms with E-state index >= 15 is 0 Å². The lowest BCUT2D eigenvalue weighted by Crippen LogP contribution is -2.24. The number of carbonyl (C=O) groups is 1. The number of aromatic nitrogens is 6. The maximum Gasteiger partial charge on any atom is 0.357 e. The number of esters is 1. The van der Waals surface area contributed by atoms with Gasteiger partial charge in [-0.2, -0.15) is 5.10 Å². The fourth-order valence-corrected chi connectivity index (χ4v) is 3.83. The summed E-state index contributed by atoms with van der Waals surface area (Å²) in [7, 11) is 0. The van der Waals surface area contributed by atoms with Gasteiger partial charge in [-0.3, -0.25) is 4.40 Å². The quantitative estimate of drug-likeness (QED) is 0.383. The molecule has 0 aliphatic rings. The minimum absolute atomic E-state index is 0.0153. The van der Waals surface area contributed by atoms with Crippen LogP contribution in [0.25, 0.3) is 21.9 Å². The van der Waals surface area contributed by atoms with Crippen molar-refractivity contribution < 1.29 is 9.53 Å². The first-order chi connectivity index (χ1) is 15.2. The molecule has 0 atom stereocenters. The number of pyridine rings is 1. The molecule has 5 aromatic rings. The van der Waals surface area contributed by atoms with E-state index in [-0.39, 0.29) is 24.5 Å². The lowest BCUT2D eigenvalue weighted by atomic mass is 10.3. The lowest BCUT2D eigenvalue weighted by Gasteiger charge is -2.02. The van der Waals surface area contributed by atoms with E-state index in [0.29, 0.717) is 10.7 Å². The van der Waals surface area contributed by atoms with Gasteiger partial charge in [0.15, 0.2) is 11.3 Å². The summed E-state index contributed by atoms with van der Waals surface area (Å²) in [4.78, 5) is 29.0. The number of benzene rings is 1. The average molecular weight is 432 g/mol. The Morgan fingerprint density at radius 2 is 1.94 bits per heavy atom. The molecule has 5 rings (SSSR count). The van der Waals surface area contributed by atoms with Crippen molar-refractivity contribution in [1.82, 2.24) is 28.9 Å². The van der Waals surface area contributed by atoms with Gasteiger partial charge in [0, 0.05) is 23.3 Å². The number of carbonyl (C=O) groups excluding carboxylic acids is 1. The number of nitrogens with zero attached hydrogens (tertiary/aromatic N) is 6. The number of rotatable bonds is 6. The van der Waals surface area contributed by atoms with Gasteiger partial charge in [-0.25, -0.2) is 23.9 Å². The van der Waals surface area contributed by atoms with Crippen LogP contribution in [0.4, 0.5) is 0 Å². The molecular weight excluding hydrogens is 416 g/mol. The second kappa shape index (κ2) is 8.00. The molecule has 0 radical (unpaired) electrons. The molecule has 0 saturated carbocycles. The van der Waals surface area contributed by atoms with Crippen molar-refractivity contribution in [3.05, 3.63) is 88.7 Å². The van der Waals surface area contributed by atoms with E-state index in [2.05, 4.69) is 15.2 Å². The Morgan fingerprint density at radius 1 is 1.10 bits per heavy atom. The second-order valence-electron chi connectivity index (χ2n) is 6.62. The van der Waals surface area contributed by atoms with E-state index in [1.807, 2.05) is 36.5 Å². The molecular formula is C21H16N6O3S. The predicted octanol–water partition coefficient (Wildman–Crippen LogP) is 2.66. The molecule has 0 unspecified atom stereocenters. The molecule has 9 nitrogen and oxygen atoms in total. The number of thiazole rings is 1. The molecule has 0 amide bonds. The van der Waals surface area contributed by atoms with Gasteiger partial charge in [-0.1, -0.05) is 24.3 Å². The summed E-state index contributed by atoms with van der Waals surface area (Å²) in [6, 6.07) is 15.0. The van der Waals surface area contributed by atoms with Crippen molar-refractivity contribution in [3.8, 4) is 16.3 Å². The van der Waals surface area contributed by atoms with Crippen molar-refractivity contribution in [1.29, 1.82) is 0 Å². The standard InChI is InChI=1S/C21H16N6O3S/c28-20(30-11-10-26-21(29)25-9-5-4-8-18(25)24-26)17-14-31-19(23-17)15-12-22-27(13-15)16-6-2-1-3-7-16/h1-9,12-14H,10-11H2. The Balaban J connectivity index is 1.24. The van der Waals surface area contributed by atoms with Crippen molar-refractivity contribution in [2.45, 2.75) is 6.54 Å². The third-order valence-corrected chi connectivity index (χ3v) is 5.48. The number of para-hydroxylation sites is 1. The van der Waals surface area contributed by atoms with Crippen molar-refractivity contribution in [2.75, 3.05) is 6.61 Å². The van der Waals surface area contributed by atoms with E-state index < -0.39 is 5.97 Å². The third kappa shape index (κ3) is 3.76. The van der Waals surface area contributed by atoms with Crippen LogP contribution in [0.1, 0.15) is 10.5 Å². The van der Waals surface area contributed by atoms with Crippen LogP contribution in [0.5, 0.6) is 0 Å². The van der Waals surface area contributed by atoms with Gasteiger partial charge >= 0.3 is 11.7 Å². The Labute approximate surface area is 179 Å². The van der Waals surface area contributed by atoms with Crippen LogP contribution in [0.3, 0.4) is 0 Å². The largest absolute Gasteiger partial charge is 0.459 e. The predicted molar refractivity (Wildman–Crippen MR) is 114 cm³/mol. The van der Waals surface area contributed by atoms with Crippen LogP contribution in [0.15, 0.2) is 77.3 Å². The highest BCUT2D eigenvalue weighted by Crippen LogP contribution is 2.24. The van der Waals surface area contributed by atoms with Gasteiger partial charge in [0.05, 0.1) is 18.4 Å². The SMILES string of the molecule is O=C(OCCn1nc2ccccn2c1=O)c1csc(-c2cnn(-c3ccccc3)c2)n1. The molecule has 0 aliphatic heterocycles. The number of hydrogen-bond acceptors (Lipinski definition) is 7. The molecule has 0 aliphatic carbocycles. The highest BCUT2D eigenvalue weighted by atomic mass is 32.1. The van der Waals surface area contributed by atoms with E-state index in [4.69, 9.17) is 4.74 Å². The first-order valence-electron chi connectivity index (χ1n) is 9.46. The summed E-state index contributed by atoms with van der Waals surface area (Å²) in [5.74, 6) is -0.547. The fraction of sp³-hybridized carbons (Fsp3) is 0.0952. The summed E-state index contributed by atoms with van der Waals surface area (Å²) in [5.41, 5.74) is 2.23. The molecule has 154 valence electrons. The molecule has 10 heteroatoms. The van der Waals surface area contributed by atoms with E-state index in [1.54, 1.807) is 40.7 Å². The summed E-state index contributed by atoms with van der Waals surface area (Å²) >= 11 is 1.34. The molecule has 4 heterocycles. The summed E-state index contributed by atoms with van der Waals surface area (Å²) in [6.07, 6.45) is 5.21. The van der Waals surface area contributed by atoms with Crippen LogP contribution in [0, 0.1) is 0 Å². The van der Waals surface area contributed by atoms with Gasteiger partial charge in [-0.05, 0) is 24.3 Å². The van der Waals surface area contributed by atoms with Crippen molar-refractivity contribution in [3.63, 3.8) is 0 Å². The van der Waals surface area contributed by atoms with E-state index in [1.165, 1.54) is 20.4 Å². The van der Waals surface area contributed by atoms with Gasteiger partial charge in [0.2, 0.25) is 0 Å². The Kier molecular flexibility index (Phi) is 4.89. The molecule has 4 aromatic heterocycles. The Morgan fingerprint density at radius 3 is 2.77 bits per heavy atom. The summed E-state index contributed by atoms with van der Waals surface area (Å²) in [6.45, 7) is 0.175. The molecule has 0 fully saturated rings. The van der Waals surface area contributed by atoms with Crippen LogP contribution in [-0.4, -0.2) is 41.5 Å². The van der Waals surface area contributed by atoms with Crippen LogP contribution in [-0.2, 0) is 11.3 Å². The molecule has 0 N–H and O–H groups in total. The summed E-state index contributed by atoms with van der Waals surface area (Å²) < 4.78 is 9.74. The lowest BCUT2D eigenvalue weighted by molar-refractivity contribution is 0.0480.